The maximum Gasteiger partial charge on any atom is 0.223 e. The van der Waals surface area contributed by atoms with Gasteiger partial charge in [0.05, 0.1) is 0 Å². The lowest BCUT2D eigenvalue weighted by atomic mass is 9.49. The first-order valence-electron chi connectivity index (χ1n) is 9.15. The van der Waals surface area contributed by atoms with Crippen LogP contribution in [-0.4, -0.2) is 18.5 Å². The molecule has 0 radical (unpaired) electrons. The van der Waals surface area contributed by atoms with Gasteiger partial charge in [-0.25, -0.2) is 0 Å². The van der Waals surface area contributed by atoms with Gasteiger partial charge in [0.15, 0.2) is 0 Å². The molecule has 0 aliphatic heterocycles. The van der Waals surface area contributed by atoms with Crippen LogP contribution in [0.1, 0.15) is 64.2 Å². The van der Waals surface area contributed by atoms with Crippen molar-refractivity contribution >= 4 is 5.91 Å². The zero-order valence-electron chi connectivity index (χ0n) is 13.2. The van der Waals surface area contributed by atoms with Gasteiger partial charge in [0.2, 0.25) is 5.91 Å². The Labute approximate surface area is 128 Å². The second-order valence-electron chi connectivity index (χ2n) is 8.75. The SMILES string of the molecule is NC1CCC(C(=O)NCC23CC4CC(CC(C4)C2)C3)CC1. The topological polar surface area (TPSA) is 55.1 Å². The third kappa shape index (κ3) is 2.74. The van der Waals surface area contributed by atoms with Gasteiger partial charge in [-0.15, -0.1) is 0 Å². The summed E-state index contributed by atoms with van der Waals surface area (Å²) in [6.45, 7) is 0.956. The van der Waals surface area contributed by atoms with E-state index in [0.717, 1.165) is 50.0 Å². The number of nitrogens with one attached hydrogen (secondary N) is 1. The lowest BCUT2D eigenvalue weighted by molar-refractivity contribution is -0.128. The van der Waals surface area contributed by atoms with Crippen LogP contribution < -0.4 is 11.1 Å². The molecule has 0 atom stereocenters. The van der Waals surface area contributed by atoms with E-state index in [2.05, 4.69) is 5.32 Å². The minimum absolute atomic E-state index is 0.235. The quantitative estimate of drug-likeness (QED) is 0.840. The van der Waals surface area contributed by atoms with Crippen LogP contribution in [0.25, 0.3) is 0 Å². The fourth-order valence-corrected chi connectivity index (χ4v) is 6.31. The van der Waals surface area contributed by atoms with Crippen molar-refractivity contribution in [3.05, 3.63) is 0 Å². The minimum Gasteiger partial charge on any atom is -0.355 e. The molecule has 21 heavy (non-hydrogen) atoms. The average Bonchev–Trinajstić information content (AvgIpc) is 2.44. The first-order valence-corrected chi connectivity index (χ1v) is 9.15. The van der Waals surface area contributed by atoms with Gasteiger partial charge in [-0.05, 0) is 87.4 Å². The van der Waals surface area contributed by atoms with Gasteiger partial charge in [0, 0.05) is 18.5 Å². The number of amides is 1. The van der Waals surface area contributed by atoms with E-state index < -0.39 is 0 Å². The third-order valence-electron chi connectivity index (χ3n) is 6.95. The van der Waals surface area contributed by atoms with Crippen molar-refractivity contribution in [2.45, 2.75) is 70.3 Å². The van der Waals surface area contributed by atoms with Crippen LogP contribution in [0.15, 0.2) is 0 Å². The fourth-order valence-electron chi connectivity index (χ4n) is 6.31. The Balaban J connectivity index is 1.33. The fraction of sp³-hybridized carbons (Fsp3) is 0.944. The molecule has 5 rings (SSSR count). The van der Waals surface area contributed by atoms with Crippen molar-refractivity contribution in [3.8, 4) is 0 Å². The molecule has 0 saturated heterocycles. The normalized spacial score (nSPS) is 48.3. The summed E-state index contributed by atoms with van der Waals surface area (Å²) in [4.78, 5) is 12.4. The largest absolute Gasteiger partial charge is 0.355 e. The lowest BCUT2D eigenvalue weighted by Crippen LogP contribution is -2.52. The molecule has 0 heterocycles. The minimum atomic E-state index is 0.235. The van der Waals surface area contributed by atoms with Crippen molar-refractivity contribution in [1.29, 1.82) is 0 Å². The Kier molecular flexibility index (Phi) is 3.52. The summed E-state index contributed by atoms with van der Waals surface area (Å²) < 4.78 is 0. The van der Waals surface area contributed by atoms with E-state index >= 15 is 0 Å². The van der Waals surface area contributed by atoms with Crippen LogP contribution >= 0.6 is 0 Å². The number of rotatable bonds is 3. The van der Waals surface area contributed by atoms with E-state index in [4.69, 9.17) is 5.73 Å². The highest BCUT2D eigenvalue weighted by Crippen LogP contribution is 2.59. The molecule has 3 heteroatoms. The van der Waals surface area contributed by atoms with Gasteiger partial charge in [-0.1, -0.05) is 0 Å². The Morgan fingerprint density at radius 1 is 0.952 bits per heavy atom. The van der Waals surface area contributed by atoms with Crippen LogP contribution in [0.5, 0.6) is 0 Å². The Bertz CT molecular complexity index is 376. The van der Waals surface area contributed by atoms with Gasteiger partial charge in [-0.3, -0.25) is 4.79 Å². The van der Waals surface area contributed by atoms with E-state index in [1.165, 1.54) is 38.5 Å². The van der Waals surface area contributed by atoms with E-state index in [1.807, 2.05) is 0 Å². The highest BCUT2D eigenvalue weighted by Gasteiger charge is 2.50. The maximum absolute atomic E-state index is 12.4. The molecule has 5 aliphatic carbocycles. The van der Waals surface area contributed by atoms with Crippen LogP contribution in [0, 0.1) is 29.1 Å². The predicted octanol–water partition coefficient (Wildman–Crippen LogP) is 2.84. The van der Waals surface area contributed by atoms with Gasteiger partial charge < -0.3 is 11.1 Å². The summed E-state index contributed by atoms with van der Waals surface area (Å²) >= 11 is 0. The van der Waals surface area contributed by atoms with Crippen LogP contribution in [0.2, 0.25) is 0 Å². The molecule has 5 aliphatic rings. The molecule has 0 aromatic rings. The Hall–Kier alpha value is -0.570. The highest BCUT2D eigenvalue weighted by atomic mass is 16.1. The molecule has 0 spiro atoms. The number of nitrogens with two attached hydrogens (primary N) is 1. The number of hydrogen-bond acceptors (Lipinski definition) is 2. The van der Waals surface area contributed by atoms with E-state index in [9.17, 15) is 4.79 Å². The van der Waals surface area contributed by atoms with Crippen molar-refractivity contribution in [3.63, 3.8) is 0 Å². The molecule has 0 aromatic heterocycles. The molecule has 4 bridgehead atoms. The molecule has 3 N–H and O–H groups in total. The predicted molar refractivity (Wildman–Crippen MR) is 83.5 cm³/mol. The summed E-state index contributed by atoms with van der Waals surface area (Å²) in [5.74, 6) is 3.47. The molecule has 3 nitrogen and oxygen atoms in total. The van der Waals surface area contributed by atoms with Crippen molar-refractivity contribution in [2.75, 3.05) is 6.54 Å². The highest BCUT2D eigenvalue weighted by molar-refractivity contribution is 5.78. The zero-order chi connectivity index (χ0) is 14.4. The second-order valence-corrected chi connectivity index (χ2v) is 8.75. The maximum atomic E-state index is 12.4. The number of carbonyl (C=O) groups excluding carboxylic acids is 1. The number of carbonyl (C=O) groups is 1. The lowest BCUT2D eigenvalue weighted by Gasteiger charge is -2.57. The van der Waals surface area contributed by atoms with Gasteiger partial charge in [0.25, 0.3) is 0 Å². The number of hydrogen-bond donors (Lipinski definition) is 2. The molecule has 5 fully saturated rings. The molecular formula is C18H30N2O. The van der Waals surface area contributed by atoms with Crippen molar-refractivity contribution in [1.82, 2.24) is 5.32 Å². The second kappa shape index (κ2) is 5.26. The zero-order valence-corrected chi connectivity index (χ0v) is 13.2. The monoisotopic (exact) mass is 290 g/mol. The molecular weight excluding hydrogens is 260 g/mol. The van der Waals surface area contributed by atoms with E-state index in [-0.39, 0.29) is 5.92 Å². The summed E-state index contributed by atoms with van der Waals surface area (Å²) in [5, 5.41) is 3.34. The van der Waals surface area contributed by atoms with Crippen LogP contribution in [0.4, 0.5) is 0 Å². The van der Waals surface area contributed by atoms with Crippen molar-refractivity contribution < 1.29 is 4.79 Å². The van der Waals surface area contributed by atoms with Gasteiger partial charge in [-0.2, -0.15) is 0 Å². The molecule has 5 saturated carbocycles. The van der Waals surface area contributed by atoms with E-state index in [0.29, 0.717) is 17.4 Å². The smallest absolute Gasteiger partial charge is 0.223 e. The first kappa shape index (κ1) is 14.0. The standard InChI is InChI=1S/C18H30N2O/c19-16-3-1-15(2-4-16)17(21)20-11-18-8-12-5-13(9-18)7-14(6-12)10-18/h12-16H,1-11,19H2,(H,20,21). The summed E-state index contributed by atoms with van der Waals surface area (Å²) in [6, 6.07) is 0.331. The van der Waals surface area contributed by atoms with Gasteiger partial charge in [0.1, 0.15) is 0 Å². The first-order chi connectivity index (χ1) is 10.1. The van der Waals surface area contributed by atoms with Crippen LogP contribution in [-0.2, 0) is 4.79 Å². The van der Waals surface area contributed by atoms with Gasteiger partial charge >= 0.3 is 0 Å². The molecule has 118 valence electrons. The average molecular weight is 290 g/mol. The molecule has 0 unspecified atom stereocenters. The summed E-state index contributed by atoms with van der Waals surface area (Å²) in [7, 11) is 0. The van der Waals surface area contributed by atoms with Crippen molar-refractivity contribution in [2.24, 2.45) is 34.8 Å². The summed E-state index contributed by atoms with van der Waals surface area (Å²) in [5.41, 5.74) is 6.41. The van der Waals surface area contributed by atoms with Crippen LogP contribution in [0.3, 0.4) is 0 Å². The molecule has 0 aromatic carbocycles. The molecule has 1 amide bonds. The Morgan fingerprint density at radius 2 is 1.48 bits per heavy atom. The van der Waals surface area contributed by atoms with E-state index in [1.54, 1.807) is 0 Å². The third-order valence-corrected chi connectivity index (χ3v) is 6.95. The Morgan fingerprint density at radius 3 is 2.00 bits per heavy atom. The summed E-state index contributed by atoms with van der Waals surface area (Å²) in [6.07, 6.45) is 12.6.